The fourth-order valence-corrected chi connectivity index (χ4v) is 4.70. The molecule has 0 aromatic carbocycles. The van der Waals surface area contributed by atoms with Gasteiger partial charge in [-0.3, -0.25) is 19.5 Å². The van der Waals surface area contributed by atoms with Crippen molar-refractivity contribution in [3.8, 4) is 0 Å². The summed E-state index contributed by atoms with van der Waals surface area (Å²) in [5.74, 6) is -0.731. The molecule has 0 unspecified atom stereocenters. The number of hydrogen-bond acceptors (Lipinski definition) is 6. The Labute approximate surface area is 175 Å². The number of hydrogen-bond donors (Lipinski definition) is 3. The molecule has 0 radical (unpaired) electrons. The molecule has 2 amide bonds. The molecule has 9 nitrogen and oxygen atoms in total. The lowest BCUT2D eigenvalue weighted by Crippen LogP contribution is -2.56. The van der Waals surface area contributed by atoms with Crippen LogP contribution < -0.4 is 11.1 Å². The molecule has 2 saturated carbocycles. The van der Waals surface area contributed by atoms with Crippen molar-refractivity contribution in [3.05, 3.63) is 11.8 Å². The summed E-state index contributed by atoms with van der Waals surface area (Å²) in [4.78, 5) is 36.9. The van der Waals surface area contributed by atoms with Crippen molar-refractivity contribution in [2.45, 2.75) is 69.3 Å². The molecule has 30 heavy (non-hydrogen) atoms. The van der Waals surface area contributed by atoms with Crippen molar-refractivity contribution >= 4 is 23.6 Å². The molecular formula is C21H30N4O5. The quantitative estimate of drug-likeness (QED) is 0.605. The largest absolute Gasteiger partial charge is 0.449 e. The highest BCUT2D eigenvalue weighted by molar-refractivity contribution is 5.92. The minimum absolute atomic E-state index is 0.0123. The van der Waals surface area contributed by atoms with Crippen molar-refractivity contribution < 1.29 is 23.9 Å². The first kappa shape index (κ1) is 20.8. The normalized spacial score (nSPS) is 27.8. The van der Waals surface area contributed by atoms with E-state index in [-0.39, 0.29) is 29.6 Å². The number of H-pyrrole nitrogens is 1. The summed E-state index contributed by atoms with van der Waals surface area (Å²) in [6.45, 7) is 1.05. The van der Waals surface area contributed by atoms with E-state index in [0.717, 1.165) is 31.4 Å². The van der Waals surface area contributed by atoms with Crippen LogP contribution in [0.4, 0.5) is 5.82 Å². The van der Waals surface area contributed by atoms with Gasteiger partial charge in [0.15, 0.2) is 11.4 Å². The monoisotopic (exact) mass is 418 g/mol. The van der Waals surface area contributed by atoms with Crippen LogP contribution in [0.2, 0.25) is 0 Å². The molecule has 0 bridgehead atoms. The van der Waals surface area contributed by atoms with Crippen molar-refractivity contribution in [2.75, 3.05) is 18.5 Å². The first-order valence-electron chi connectivity index (χ1n) is 10.9. The number of esters is 1. The van der Waals surface area contributed by atoms with Gasteiger partial charge in [-0.1, -0.05) is 19.3 Å². The molecule has 4 rings (SSSR count). The first-order valence-corrected chi connectivity index (χ1v) is 10.9. The fourth-order valence-electron chi connectivity index (χ4n) is 4.70. The van der Waals surface area contributed by atoms with Gasteiger partial charge in [-0.2, -0.15) is 5.10 Å². The van der Waals surface area contributed by atoms with Crippen LogP contribution in [-0.2, 0) is 23.9 Å². The zero-order valence-corrected chi connectivity index (χ0v) is 17.2. The van der Waals surface area contributed by atoms with Crippen molar-refractivity contribution in [2.24, 2.45) is 17.6 Å². The van der Waals surface area contributed by atoms with Gasteiger partial charge in [-0.15, -0.1) is 0 Å². The number of rotatable bonds is 6. The molecule has 1 saturated heterocycles. The third-order valence-corrected chi connectivity index (χ3v) is 6.72. The van der Waals surface area contributed by atoms with E-state index in [2.05, 4.69) is 15.5 Å². The van der Waals surface area contributed by atoms with Crippen LogP contribution in [0, 0.1) is 11.8 Å². The molecule has 0 spiro atoms. The molecule has 1 aliphatic heterocycles. The molecular weight excluding hydrogens is 388 g/mol. The van der Waals surface area contributed by atoms with E-state index in [4.69, 9.17) is 15.2 Å². The highest BCUT2D eigenvalue weighted by Gasteiger charge is 2.54. The van der Waals surface area contributed by atoms with Gasteiger partial charge in [0.25, 0.3) is 5.91 Å². The molecule has 3 fully saturated rings. The average molecular weight is 418 g/mol. The number of amides is 2. The smallest absolute Gasteiger partial charge is 0.310 e. The number of anilines is 1. The third kappa shape index (κ3) is 4.35. The summed E-state index contributed by atoms with van der Waals surface area (Å²) < 4.78 is 10.9. The van der Waals surface area contributed by atoms with Crippen molar-refractivity contribution in [1.82, 2.24) is 10.2 Å². The summed E-state index contributed by atoms with van der Waals surface area (Å²) >= 11 is 0. The molecule has 2 aliphatic carbocycles. The van der Waals surface area contributed by atoms with Gasteiger partial charge in [0.05, 0.1) is 5.92 Å². The van der Waals surface area contributed by atoms with Gasteiger partial charge < -0.3 is 20.5 Å². The first-order chi connectivity index (χ1) is 14.5. The number of carbonyl (C=O) groups excluding carboxylic acids is 3. The molecule has 164 valence electrons. The Balaban J connectivity index is 1.33. The molecule has 1 aromatic rings. The van der Waals surface area contributed by atoms with E-state index in [1.165, 1.54) is 6.42 Å². The number of nitrogens with two attached hydrogens (primary N) is 1. The highest BCUT2D eigenvalue weighted by Crippen LogP contribution is 2.47. The molecule has 2 heterocycles. The number of carbonyl (C=O) groups is 3. The van der Waals surface area contributed by atoms with E-state index >= 15 is 0 Å². The maximum Gasteiger partial charge on any atom is 0.310 e. The Bertz CT molecular complexity index is 789. The zero-order valence-electron chi connectivity index (χ0n) is 17.2. The van der Waals surface area contributed by atoms with Gasteiger partial charge in [-0.25, -0.2) is 0 Å². The number of aromatic amines is 1. The molecule has 1 aromatic heterocycles. The molecule has 4 N–H and O–H groups in total. The maximum absolute atomic E-state index is 12.5. The second-order valence-corrected chi connectivity index (χ2v) is 8.80. The zero-order chi connectivity index (χ0) is 21.1. The van der Waals surface area contributed by atoms with Crippen molar-refractivity contribution in [3.63, 3.8) is 0 Å². The number of nitrogens with zero attached hydrogens (tertiary/aromatic N) is 1. The Morgan fingerprint density at radius 3 is 2.47 bits per heavy atom. The van der Waals surface area contributed by atoms with E-state index in [9.17, 15) is 14.4 Å². The van der Waals surface area contributed by atoms with Crippen LogP contribution in [0.15, 0.2) is 6.07 Å². The van der Waals surface area contributed by atoms with Gasteiger partial charge >= 0.3 is 5.97 Å². The Kier molecular flexibility index (Phi) is 6.08. The minimum atomic E-state index is -1.27. The highest BCUT2D eigenvalue weighted by atomic mass is 16.6. The van der Waals surface area contributed by atoms with Crippen LogP contribution >= 0.6 is 0 Å². The number of aromatic nitrogens is 2. The Morgan fingerprint density at radius 1 is 1.10 bits per heavy atom. The predicted molar refractivity (Wildman–Crippen MR) is 107 cm³/mol. The maximum atomic E-state index is 12.5. The predicted octanol–water partition coefficient (Wildman–Crippen LogP) is 2.00. The SMILES string of the molecule is NC(=O)C1(OC(=O)C2CCOCC2)CC(c2cc(NC(=O)C3CCCCC3)n[nH]2)C1. The van der Waals surface area contributed by atoms with E-state index in [0.29, 0.717) is 44.7 Å². The van der Waals surface area contributed by atoms with Gasteiger partial charge in [0.2, 0.25) is 5.91 Å². The second-order valence-electron chi connectivity index (χ2n) is 8.80. The van der Waals surface area contributed by atoms with Crippen LogP contribution in [0.3, 0.4) is 0 Å². The summed E-state index contributed by atoms with van der Waals surface area (Å²) in [5.41, 5.74) is 5.11. The molecule has 9 heteroatoms. The summed E-state index contributed by atoms with van der Waals surface area (Å²) in [7, 11) is 0. The lowest BCUT2D eigenvalue weighted by Gasteiger charge is -2.44. The average Bonchev–Trinajstić information content (AvgIpc) is 3.19. The van der Waals surface area contributed by atoms with Crippen LogP contribution in [0.1, 0.15) is 69.4 Å². The summed E-state index contributed by atoms with van der Waals surface area (Å²) in [6.07, 6.45) is 7.05. The number of ether oxygens (including phenoxy) is 2. The lowest BCUT2D eigenvalue weighted by atomic mass is 9.68. The summed E-state index contributed by atoms with van der Waals surface area (Å²) in [6, 6.07) is 1.79. The Hall–Kier alpha value is -2.42. The topological polar surface area (TPSA) is 136 Å². The number of primary amides is 1. The third-order valence-electron chi connectivity index (χ3n) is 6.72. The fraction of sp³-hybridized carbons (Fsp3) is 0.714. The molecule has 3 aliphatic rings. The van der Waals surface area contributed by atoms with Crippen LogP contribution in [0.25, 0.3) is 0 Å². The van der Waals surface area contributed by atoms with Gasteiger partial charge in [0.1, 0.15) is 0 Å². The molecule has 0 atom stereocenters. The van der Waals surface area contributed by atoms with E-state index < -0.39 is 11.5 Å². The van der Waals surface area contributed by atoms with Crippen LogP contribution in [0.5, 0.6) is 0 Å². The van der Waals surface area contributed by atoms with Gasteiger partial charge in [0, 0.05) is 49.7 Å². The van der Waals surface area contributed by atoms with Crippen LogP contribution in [-0.4, -0.2) is 46.8 Å². The number of nitrogens with one attached hydrogen (secondary N) is 2. The van der Waals surface area contributed by atoms with Crippen molar-refractivity contribution in [1.29, 1.82) is 0 Å². The van der Waals surface area contributed by atoms with Gasteiger partial charge in [-0.05, 0) is 25.7 Å². The standard InChI is InChI=1S/C21H30N4O5/c22-20(28)21(30-19(27)14-6-8-29-9-7-14)11-15(12-21)16-10-17(25-24-16)23-18(26)13-4-2-1-3-5-13/h10,13-15H,1-9,11-12H2,(H2,22,28)(H2,23,24,25,26). The van der Waals surface area contributed by atoms with E-state index in [1.54, 1.807) is 6.07 Å². The minimum Gasteiger partial charge on any atom is -0.449 e. The van der Waals surface area contributed by atoms with E-state index in [1.807, 2.05) is 0 Å². The lowest BCUT2D eigenvalue weighted by molar-refractivity contribution is -0.185. The summed E-state index contributed by atoms with van der Waals surface area (Å²) in [5, 5.41) is 10.0. The second kappa shape index (κ2) is 8.75. The Morgan fingerprint density at radius 2 is 1.80 bits per heavy atom.